The lowest BCUT2D eigenvalue weighted by Crippen LogP contribution is -2.51. The van der Waals surface area contributed by atoms with Crippen LogP contribution in [0.2, 0.25) is 0 Å². The Morgan fingerprint density at radius 3 is 2.38 bits per heavy atom. The summed E-state index contributed by atoms with van der Waals surface area (Å²) in [6, 6.07) is 17.8. The zero-order valence-electron chi connectivity index (χ0n) is 19.2. The zero-order valence-corrected chi connectivity index (χ0v) is 19.2. The molecule has 1 amide bonds. The van der Waals surface area contributed by atoms with Gasteiger partial charge in [0.15, 0.2) is 0 Å². The largest absolute Gasteiger partial charge is 0.438 e. The van der Waals surface area contributed by atoms with Crippen molar-refractivity contribution in [1.29, 1.82) is 0 Å². The van der Waals surface area contributed by atoms with Crippen LogP contribution in [0.1, 0.15) is 50.8 Å². The van der Waals surface area contributed by atoms with Gasteiger partial charge in [0.05, 0.1) is 17.8 Å². The highest BCUT2D eigenvalue weighted by Gasteiger charge is 2.46. The molecular formula is C26H31N3O3. The second-order valence-corrected chi connectivity index (χ2v) is 9.36. The van der Waals surface area contributed by atoms with Gasteiger partial charge in [-0.25, -0.2) is 4.79 Å². The van der Waals surface area contributed by atoms with Gasteiger partial charge in [-0.05, 0) is 37.5 Å². The van der Waals surface area contributed by atoms with E-state index < -0.39 is 11.2 Å². The number of ether oxygens (including phenoxy) is 1. The Morgan fingerprint density at radius 1 is 1.12 bits per heavy atom. The van der Waals surface area contributed by atoms with E-state index >= 15 is 0 Å². The summed E-state index contributed by atoms with van der Waals surface area (Å²) in [7, 11) is 1.90. The fourth-order valence-electron chi connectivity index (χ4n) is 4.60. The average Bonchev–Trinajstić information content (AvgIpc) is 3.19. The first kappa shape index (κ1) is 22.1. The maximum atomic E-state index is 13.2. The quantitative estimate of drug-likeness (QED) is 0.591. The van der Waals surface area contributed by atoms with E-state index in [9.17, 15) is 9.90 Å². The van der Waals surface area contributed by atoms with Gasteiger partial charge in [0.25, 0.3) is 0 Å². The van der Waals surface area contributed by atoms with Gasteiger partial charge in [-0.3, -0.25) is 4.68 Å². The van der Waals surface area contributed by atoms with E-state index in [1.54, 1.807) is 23.4 Å². The van der Waals surface area contributed by atoms with Crippen LogP contribution in [0, 0.1) is 0 Å². The molecule has 0 aliphatic carbocycles. The Balaban J connectivity index is 1.53. The fourth-order valence-corrected chi connectivity index (χ4v) is 4.60. The number of hydrogen-bond acceptors (Lipinski definition) is 4. The molecule has 1 aromatic heterocycles. The van der Waals surface area contributed by atoms with E-state index in [0.717, 1.165) is 22.3 Å². The lowest BCUT2D eigenvalue weighted by molar-refractivity contribution is -0.101. The van der Waals surface area contributed by atoms with Crippen LogP contribution in [0.25, 0.3) is 11.1 Å². The van der Waals surface area contributed by atoms with Crippen LogP contribution < -0.4 is 0 Å². The van der Waals surface area contributed by atoms with Crippen LogP contribution >= 0.6 is 0 Å². The first-order valence-corrected chi connectivity index (χ1v) is 11.0. The smallest absolute Gasteiger partial charge is 0.411 e. The number of amides is 1. The van der Waals surface area contributed by atoms with Gasteiger partial charge >= 0.3 is 6.09 Å². The molecule has 168 valence electrons. The SMILES string of the molecule is CC(c1ccc(-c2cnn(C)c2)cc1)N1CC[C@](CC(C)(C)O)(c2ccccc2)OC1=O. The molecule has 1 N–H and O–H groups in total. The van der Waals surface area contributed by atoms with Gasteiger partial charge in [0.2, 0.25) is 0 Å². The van der Waals surface area contributed by atoms with Gasteiger partial charge in [-0.1, -0.05) is 54.6 Å². The number of cyclic esters (lactones) is 1. The summed E-state index contributed by atoms with van der Waals surface area (Å²) in [5.74, 6) is 0. The predicted octanol–water partition coefficient (Wildman–Crippen LogP) is 5.05. The van der Waals surface area contributed by atoms with Gasteiger partial charge in [-0.15, -0.1) is 0 Å². The lowest BCUT2D eigenvalue weighted by Gasteiger charge is -2.45. The maximum Gasteiger partial charge on any atom is 0.411 e. The van der Waals surface area contributed by atoms with Crippen LogP contribution in [0.3, 0.4) is 0 Å². The summed E-state index contributed by atoms with van der Waals surface area (Å²) in [6.07, 6.45) is 4.43. The third-order valence-corrected chi connectivity index (χ3v) is 6.19. The number of aryl methyl sites for hydroxylation is 1. The zero-order chi connectivity index (χ0) is 22.9. The molecule has 1 fully saturated rings. The monoisotopic (exact) mass is 433 g/mol. The molecule has 4 rings (SSSR count). The second-order valence-electron chi connectivity index (χ2n) is 9.36. The summed E-state index contributed by atoms with van der Waals surface area (Å²) in [6.45, 7) is 6.08. The van der Waals surface area contributed by atoms with Crippen LogP contribution in [-0.4, -0.2) is 38.0 Å². The van der Waals surface area contributed by atoms with Gasteiger partial charge in [0, 0.05) is 38.2 Å². The molecule has 0 bridgehead atoms. The molecule has 1 aliphatic heterocycles. The van der Waals surface area contributed by atoms with Crippen molar-refractivity contribution >= 4 is 6.09 Å². The van der Waals surface area contributed by atoms with Crippen LogP contribution in [-0.2, 0) is 17.4 Å². The highest BCUT2D eigenvalue weighted by Crippen LogP contribution is 2.42. The predicted molar refractivity (Wildman–Crippen MR) is 124 cm³/mol. The van der Waals surface area contributed by atoms with Crippen molar-refractivity contribution in [2.45, 2.75) is 50.9 Å². The van der Waals surface area contributed by atoms with Crippen LogP contribution in [0.5, 0.6) is 0 Å². The van der Waals surface area contributed by atoms with E-state index in [1.807, 2.05) is 56.7 Å². The van der Waals surface area contributed by atoms with Crippen molar-refractivity contribution in [3.05, 3.63) is 78.1 Å². The summed E-state index contributed by atoms with van der Waals surface area (Å²) >= 11 is 0. The van der Waals surface area contributed by atoms with Crippen molar-refractivity contribution in [2.24, 2.45) is 7.05 Å². The molecule has 1 aliphatic rings. The first-order valence-electron chi connectivity index (χ1n) is 11.0. The first-order chi connectivity index (χ1) is 15.2. The molecule has 32 heavy (non-hydrogen) atoms. The van der Waals surface area contributed by atoms with Gasteiger partial charge < -0.3 is 14.7 Å². The van der Waals surface area contributed by atoms with E-state index in [1.165, 1.54) is 0 Å². The number of benzene rings is 2. The number of carbonyl (C=O) groups excluding carboxylic acids is 1. The number of hydrogen-bond donors (Lipinski definition) is 1. The third kappa shape index (κ3) is 4.55. The third-order valence-electron chi connectivity index (χ3n) is 6.19. The van der Waals surface area contributed by atoms with E-state index in [2.05, 4.69) is 29.4 Å². The van der Waals surface area contributed by atoms with E-state index in [4.69, 9.17) is 4.74 Å². The van der Waals surface area contributed by atoms with E-state index in [-0.39, 0.29) is 12.1 Å². The minimum atomic E-state index is -0.966. The molecule has 2 aromatic carbocycles. The molecule has 2 heterocycles. The molecule has 0 saturated carbocycles. The highest BCUT2D eigenvalue weighted by molar-refractivity contribution is 5.70. The number of carbonyl (C=O) groups is 1. The molecule has 0 spiro atoms. The number of nitrogens with zero attached hydrogens (tertiary/aromatic N) is 3. The maximum absolute atomic E-state index is 13.2. The molecule has 6 heteroatoms. The minimum Gasteiger partial charge on any atom is -0.438 e. The number of aliphatic hydroxyl groups is 1. The highest BCUT2D eigenvalue weighted by atomic mass is 16.6. The molecule has 2 atom stereocenters. The minimum absolute atomic E-state index is 0.124. The summed E-state index contributed by atoms with van der Waals surface area (Å²) in [4.78, 5) is 15.0. The van der Waals surface area contributed by atoms with Gasteiger partial charge in [-0.2, -0.15) is 5.10 Å². The molecule has 0 radical (unpaired) electrons. The Kier molecular flexibility index (Phi) is 5.82. The summed E-state index contributed by atoms with van der Waals surface area (Å²) in [5.41, 5.74) is 2.31. The van der Waals surface area contributed by atoms with Crippen LogP contribution in [0.4, 0.5) is 4.79 Å². The van der Waals surface area contributed by atoms with E-state index in [0.29, 0.717) is 19.4 Å². The fraction of sp³-hybridized carbons (Fsp3) is 0.385. The normalized spacial score (nSPS) is 20.2. The Bertz CT molecular complexity index is 1070. The Labute approximate surface area is 189 Å². The van der Waals surface area contributed by atoms with Crippen molar-refractivity contribution in [3.8, 4) is 11.1 Å². The summed E-state index contributed by atoms with van der Waals surface area (Å²) < 4.78 is 7.88. The average molecular weight is 434 g/mol. The molecule has 1 saturated heterocycles. The van der Waals surface area contributed by atoms with Crippen molar-refractivity contribution in [3.63, 3.8) is 0 Å². The topological polar surface area (TPSA) is 67.6 Å². The van der Waals surface area contributed by atoms with Crippen molar-refractivity contribution in [2.75, 3.05) is 6.54 Å². The number of aromatic nitrogens is 2. The lowest BCUT2D eigenvalue weighted by atomic mass is 9.80. The molecule has 6 nitrogen and oxygen atoms in total. The van der Waals surface area contributed by atoms with Crippen molar-refractivity contribution < 1.29 is 14.6 Å². The van der Waals surface area contributed by atoms with Crippen LogP contribution in [0.15, 0.2) is 67.0 Å². The summed E-state index contributed by atoms with van der Waals surface area (Å²) in [5, 5.41) is 14.8. The van der Waals surface area contributed by atoms with Crippen molar-refractivity contribution in [1.82, 2.24) is 14.7 Å². The molecular weight excluding hydrogens is 402 g/mol. The Morgan fingerprint density at radius 2 is 1.81 bits per heavy atom. The Hall–Kier alpha value is -3.12. The van der Waals surface area contributed by atoms with Gasteiger partial charge in [0.1, 0.15) is 5.60 Å². The molecule has 3 aromatic rings. The number of rotatable bonds is 6. The second kappa shape index (κ2) is 8.43. The molecule has 1 unspecified atom stereocenters. The standard InChI is InChI=1S/C26H31N3O3/c1-19(20-10-12-21(13-11-20)22-16-27-28(4)17-22)29-15-14-26(32-24(29)30,18-25(2,3)31)23-8-6-5-7-9-23/h5-13,16-17,19,31H,14-15,18H2,1-4H3/t19?,26-/m0/s1.